The van der Waals surface area contributed by atoms with E-state index in [9.17, 15) is 4.79 Å². The van der Waals surface area contributed by atoms with Gasteiger partial charge in [-0.25, -0.2) is 4.79 Å². The van der Waals surface area contributed by atoms with Crippen LogP contribution in [0.15, 0.2) is 42.2 Å². The van der Waals surface area contributed by atoms with E-state index >= 15 is 0 Å². The van der Waals surface area contributed by atoms with Crippen LogP contribution in [0.5, 0.6) is 0 Å². The number of amides is 2. The molecular weight excluding hydrogens is 591 g/mol. The van der Waals surface area contributed by atoms with E-state index in [0.717, 1.165) is 0 Å². The number of rotatable bonds is 2. The highest BCUT2D eigenvalue weighted by atomic mass is 79.9. The standard InChI is InChI=1S/C13H6Br4Cl2N2O/c14-7-1-5(18)2-8(15)11(7)20-13(22)21-12-9(16)3-6(19)4-10(12)17/h1-4H,(H2,20,21,22). The molecule has 0 saturated heterocycles. The van der Waals surface area contributed by atoms with Crippen molar-refractivity contribution in [3.05, 3.63) is 52.2 Å². The first-order valence-electron chi connectivity index (χ1n) is 5.65. The molecule has 0 heterocycles. The average molecular weight is 597 g/mol. The molecule has 0 atom stereocenters. The zero-order valence-corrected chi connectivity index (χ0v) is 18.3. The van der Waals surface area contributed by atoms with Gasteiger partial charge in [-0.15, -0.1) is 0 Å². The van der Waals surface area contributed by atoms with E-state index in [1.807, 2.05) is 0 Å². The molecule has 0 aliphatic carbocycles. The molecule has 0 aliphatic heterocycles. The van der Waals surface area contributed by atoms with Crippen molar-refractivity contribution < 1.29 is 4.79 Å². The van der Waals surface area contributed by atoms with Crippen LogP contribution in [-0.4, -0.2) is 6.03 Å². The predicted molar refractivity (Wildman–Crippen MR) is 106 cm³/mol. The van der Waals surface area contributed by atoms with Crippen molar-refractivity contribution in [1.82, 2.24) is 0 Å². The summed E-state index contributed by atoms with van der Waals surface area (Å²) in [6.45, 7) is 0. The Morgan fingerprint density at radius 3 is 1.27 bits per heavy atom. The van der Waals surface area contributed by atoms with Crippen molar-refractivity contribution in [2.24, 2.45) is 0 Å². The number of hydrogen-bond acceptors (Lipinski definition) is 1. The van der Waals surface area contributed by atoms with Crippen LogP contribution in [0.3, 0.4) is 0 Å². The summed E-state index contributed by atoms with van der Waals surface area (Å²) in [4.78, 5) is 12.2. The van der Waals surface area contributed by atoms with Crippen molar-refractivity contribution in [3.8, 4) is 0 Å². The normalized spacial score (nSPS) is 10.5. The van der Waals surface area contributed by atoms with Gasteiger partial charge in [0, 0.05) is 27.9 Å². The molecule has 0 unspecified atom stereocenters. The molecular formula is C13H6Br4Cl2N2O. The van der Waals surface area contributed by atoms with E-state index in [0.29, 0.717) is 39.3 Å². The number of carbonyl (C=O) groups is 1. The van der Waals surface area contributed by atoms with Crippen LogP contribution in [0.25, 0.3) is 0 Å². The van der Waals surface area contributed by atoms with Crippen LogP contribution in [0.2, 0.25) is 10.0 Å². The molecule has 2 N–H and O–H groups in total. The summed E-state index contributed by atoms with van der Waals surface area (Å²) in [7, 11) is 0. The summed E-state index contributed by atoms with van der Waals surface area (Å²) in [6, 6.07) is 6.35. The first-order chi connectivity index (χ1) is 10.3. The Labute approximate surface area is 170 Å². The highest BCUT2D eigenvalue weighted by molar-refractivity contribution is 9.11. The number of halogens is 6. The van der Waals surface area contributed by atoms with Gasteiger partial charge in [0.1, 0.15) is 0 Å². The Hall–Kier alpha value is 0.210. The van der Waals surface area contributed by atoms with Gasteiger partial charge in [-0.1, -0.05) is 23.2 Å². The number of hydrogen-bond donors (Lipinski definition) is 2. The largest absolute Gasteiger partial charge is 0.323 e. The van der Waals surface area contributed by atoms with Gasteiger partial charge >= 0.3 is 6.03 Å². The molecule has 0 aromatic heterocycles. The second-order valence-electron chi connectivity index (χ2n) is 4.07. The van der Waals surface area contributed by atoms with E-state index in [-0.39, 0.29) is 0 Å². The van der Waals surface area contributed by atoms with Gasteiger partial charge < -0.3 is 10.6 Å². The predicted octanol–water partition coefficient (Wildman–Crippen LogP) is 7.69. The first kappa shape index (κ1) is 18.5. The highest BCUT2D eigenvalue weighted by Gasteiger charge is 2.14. The third kappa shape index (κ3) is 4.61. The summed E-state index contributed by atoms with van der Waals surface area (Å²) in [5, 5.41) is 6.59. The molecule has 2 aromatic rings. The van der Waals surface area contributed by atoms with E-state index in [1.165, 1.54) is 0 Å². The summed E-state index contributed by atoms with van der Waals surface area (Å²) < 4.78 is 2.65. The molecule has 2 aromatic carbocycles. The molecule has 2 rings (SSSR count). The SMILES string of the molecule is O=C(Nc1c(Br)cc(Cl)cc1Br)Nc1c(Br)cc(Cl)cc1Br. The Balaban J connectivity index is 2.22. The molecule has 116 valence electrons. The van der Waals surface area contributed by atoms with Gasteiger partial charge in [0.05, 0.1) is 11.4 Å². The number of anilines is 2. The van der Waals surface area contributed by atoms with Gasteiger partial charge in [-0.05, 0) is 88.0 Å². The zero-order valence-electron chi connectivity index (χ0n) is 10.5. The van der Waals surface area contributed by atoms with Crippen LogP contribution in [-0.2, 0) is 0 Å². The highest BCUT2D eigenvalue weighted by Crippen LogP contribution is 2.36. The number of nitrogens with one attached hydrogen (secondary N) is 2. The smallest absolute Gasteiger partial charge is 0.306 e. The summed E-state index contributed by atoms with van der Waals surface area (Å²) in [6.07, 6.45) is 0. The molecule has 0 bridgehead atoms. The third-order valence-corrected chi connectivity index (χ3v) is 5.43. The maximum absolute atomic E-state index is 12.2. The van der Waals surface area contributed by atoms with Crippen molar-refractivity contribution in [2.75, 3.05) is 10.6 Å². The quantitative estimate of drug-likeness (QED) is 0.367. The van der Waals surface area contributed by atoms with Crippen molar-refractivity contribution >= 4 is 104 Å². The first-order valence-corrected chi connectivity index (χ1v) is 9.58. The minimum absolute atomic E-state index is 0.410. The Morgan fingerprint density at radius 2 is 1.00 bits per heavy atom. The topological polar surface area (TPSA) is 41.1 Å². The van der Waals surface area contributed by atoms with Gasteiger partial charge in [-0.3, -0.25) is 0 Å². The van der Waals surface area contributed by atoms with Crippen LogP contribution in [0.1, 0.15) is 0 Å². The maximum Gasteiger partial charge on any atom is 0.323 e. The van der Waals surface area contributed by atoms with Crippen LogP contribution < -0.4 is 10.6 Å². The molecule has 9 heteroatoms. The molecule has 2 amide bonds. The van der Waals surface area contributed by atoms with Gasteiger partial charge in [0.15, 0.2) is 0 Å². The van der Waals surface area contributed by atoms with Crippen LogP contribution >= 0.6 is 86.9 Å². The number of benzene rings is 2. The second kappa shape index (κ2) is 7.85. The van der Waals surface area contributed by atoms with E-state index < -0.39 is 6.03 Å². The fraction of sp³-hybridized carbons (Fsp3) is 0. The van der Waals surface area contributed by atoms with E-state index in [1.54, 1.807) is 24.3 Å². The van der Waals surface area contributed by atoms with E-state index in [2.05, 4.69) is 74.4 Å². The lowest BCUT2D eigenvalue weighted by atomic mass is 10.3. The molecule has 0 spiro atoms. The molecule has 22 heavy (non-hydrogen) atoms. The lowest BCUT2D eigenvalue weighted by molar-refractivity contribution is 0.262. The summed E-state index contributed by atoms with van der Waals surface area (Å²) in [5.74, 6) is 0. The lowest BCUT2D eigenvalue weighted by Crippen LogP contribution is -2.20. The summed E-state index contributed by atoms with van der Waals surface area (Å²) >= 11 is 25.3. The Morgan fingerprint density at radius 1 is 0.727 bits per heavy atom. The fourth-order valence-electron chi connectivity index (χ4n) is 1.58. The monoisotopic (exact) mass is 592 g/mol. The van der Waals surface area contributed by atoms with Gasteiger partial charge in [0.25, 0.3) is 0 Å². The van der Waals surface area contributed by atoms with Crippen LogP contribution in [0.4, 0.5) is 16.2 Å². The Kier molecular flexibility index (Phi) is 6.62. The summed E-state index contributed by atoms with van der Waals surface area (Å²) in [5.41, 5.74) is 1.14. The Bertz CT molecular complexity index is 647. The van der Waals surface area contributed by atoms with Crippen molar-refractivity contribution in [3.63, 3.8) is 0 Å². The average Bonchev–Trinajstić information content (AvgIpc) is 2.38. The van der Waals surface area contributed by atoms with Gasteiger partial charge in [0.2, 0.25) is 0 Å². The maximum atomic E-state index is 12.2. The molecule has 0 saturated carbocycles. The number of urea groups is 1. The minimum Gasteiger partial charge on any atom is -0.306 e. The molecule has 3 nitrogen and oxygen atoms in total. The second-order valence-corrected chi connectivity index (χ2v) is 8.36. The van der Waals surface area contributed by atoms with Crippen LogP contribution in [0, 0.1) is 0 Å². The van der Waals surface area contributed by atoms with Gasteiger partial charge in [-0.2, -0.15) is 0 Å². The lowest BCUT2D eigenvalue weighted by Gasteiger charge is -2.13. The zero-order chi connectivity index (χ0) is 16.4. The minimum atomic E-state index is -0.410. The fourth-order valence-corrected chi connectivity index (χ4v) is 5.31. The van der Waals surface area contributed by atoms with E-state index in [4.69, 9.17) is 23.2 Å². The van der Waals surface area contributed by atoms with Crippen molar-refractivity contribution in [2.45, 2.75) is 0 Å². The third-order valence-electron chi connectivity index (χ3n) is 2.49. The number of carbonyl (C=O) groups excluding carboxylic acids is 1. The molecule has 0 fully saturated rings. The molecule has 0 radical (unpaired) electrons. The van der Waals surface area contributed by atoms with Crippen molar-refractivity contribution in [1.29, 1.82) is 0 Å². The molecule has 0 aliphatic rings.